The summed E-state index contributed by atoms with van der Waals surface area (Å²) in [6.45, 7) is 4.10. The summed E-state index contributed by atoms with van der Waals surface area (Å²) in [7, 11) is -1.51. The molecule has 1 saturated heterocycles. The fourth-order valence-electron chi connectivity index (χ4n) is 3.33. The van der Waals surface area contributed by atoms with Crippen molar-refractivity contribution in [1.82, 2.24) is 10.2 Å². The Morgan fingerprint density at radius 2 is 1.92 bits per heavy atom. The van der Waals surface area contributed by atoms with Gasteiger partial charge in [-0.05, 0) is 32.4 Å². The van der Waals surface area contributed by atoms with Crippen molar-refractivity contribution in [3.63, 3.8) is 0 Å². The Labute approximate surface area is 170 Å². The maximum atomic E-state index is 13.9. The third kappa shape index (κ3) is 3.97. The summed E-state index contributed by atoms with van der Waals surface area (Å²) in [5, 5.41) is 3.23. The minimum Gasteiger partial charge on any atom is -0.353 e. The van der Waals surface area contributed by atoms with E-state index in [9.17, 15) is 17.2 Å². The number of aliphatic imine (C=N–C) groups is 1. The van der Waals surface area contributed by atoms with Crippen LogP contribution in [0.2, 0.25) is 0 Å². The molecule has 1 aromatic rings. The Hall–Kier alpha value is -0.970. The largest absolute Gasteiger partial charge is 0.353 e. The van der Waals surface area contributed by atoms with Gasteiger partial charge in [-0.3, -0.25) is 4.99 Å². The van der Waals surface area contributed by atoms with E-state index in [1.165, 1.54) is 18.2 Å². The van der Waals surface area contributed by atoms with E-state index in [0.29, 0.717) is 25.5 Å². The molecule has 1 aliphatic carbocycles. The van der Waals surface area contributed by atoms with Crippen LogP contribution in [-0.2, 0) is 9.84 Å². The molecular formula is C17H24F2IN3O2S. The van der Waals surface area contributed by atoms with Crippen LogP contribution in [0.3, 0.4) is 0 Å². The SMILES string of the molecule is CN=C(NC1CC1c1c(F)cccc1F)N1CCS(=O)(=O)C(C)(C)C1.I. The summed E-state index contributed by atoms with van der Waals surface area (Å²) in [6.07, 6.45) is 0.617. The second-order valence-corrected chi connectivity index (χ2v) is 10.0. The monoisotopic (exact) mass is 499 g/mol. The van der Waals surface area contributed by atoms with Crippen LogP contribution in [0, 0.1) is 11.6 Å². The molecule has 1 N–H and O–H groups in total. The summed E-state index contributed by atoms with van der Waals surface area (Å²) in [6, 6.07) is 3.78. The predicted octanol–water partition coefficient (Wildman–Crippen LogP) is 2.52. The van der Waals surface area contributed by atoms with Gasteiger partial charge in [-0.2, -0.15) is 0 Å². The fourth-order valence-corrected chi connectivity index (χ4v) is 4.69. The molecule has 0 amide bonds. The van der Waals surface area contributed by atoms with Crippen molar-refractivity contribution >= 4 is 39.8 Å². The van der Waals surface area contributed by atoms with Gasteiger partial charge in [0, 0.05) is 37.7 Å². The molecule has 9 heteroatoms. The third-order valence-electron chi connectivity index (χ3n) is 5.03. The highest BCUT2D eigenvalue weighted by Gasteiger charge is 2.45. The molecule has 26 heavy (non-hydrogen) atoms. The minimum atomic E-state index is -3.14. The van der Waals surface area contributed by atoms with Gasteiger partial charge in [-0.15, -0.1) is 24.0 Å². The van der Waals surface area contributed by atoms with E-state index < -0.39 is 26.2 Å². The number of benzene rings is 1. The van der Waals surface area contributed by atoms with Gasteiger partial charge in [0.1, 0.15) is 11.6 Å². The van der Waals surface area contributed by atoms with Crippen molar-refractivity contribution < 1.29 is 17.2 Å². The molecular weight excluding hydrogens is 475 g/mol. The van der Waals surface area contributed by atoms with E-state index in [1.807, 2.05) is 4.90 Å². The third-order valence-corrected chi connectivity index (χ3v) is 7.56. The standard InChI is InChI=1S/C17H23F2N3O2S.HI/c1-17(2)10-22(7-8-25(17,23)24)16(20-3)21-14-9-11(14)15-12(18)5-4-6-13(15)19;/h4-6,11,14H,7-10H2,1-3H3,(H,20,21);1H. The van der Waals surface area contributed by atoms with Gasteiger partial charge in [0.2, 0.25) is 0 Å². The molecule has 2 fully saturated rings. The second-order valence-electron chi connectivity index (χ2n) is 7.28. The zero-order valence-electron chi connectivity index (χ0n) is 15.0. The van der Waals surface area contributed by atoms with Gasteiger partial charge in [0.05, 0.1) is 10.5 Å². The van der Waals surface area contributed by atoms with Crippen molar-refractivity contribution in [3.05, 3.63) is 35.4 Å². The molecule has 0 bridgehead atoms. The molecule has 1 aromatic carbocycles. The number of hydrogen-bond acceptors (Lipinski definition) is 3. The van der Waals surface area contributed by atoms with Crippen LogP contribution in [0.1, 0.15) is 31.7 Å². The molecule has 0 radical (unpaired) electrons. The molecule has 2 atom stereocenters. The number of sulfone groups is 1. The molecule has 1 saturated carbocycles. The van der Waals surface area contributed by atoms with Crippen LogP contribution >= 0.6 is 24.0 Å². The Bertz CT molecular complexity index is 794. The lowest BCUT2D eigenvalue weighted by molar-refractivity contribution is 0.353. The number of rotatable bonds is 2. The van der Waals surface area contributed by atoms with E-state index in [-0.39, 0.29) is 47.3 Å². The molecule has 2 aliphatic rings. The van der Waals surface area contributed by atoms with Crippen LogP contribution in [0.25, 0.3) is 0 Å². The average Bonchev–Trinajstić information content (AvgIpc) is 3.26. The highest BCUT2D eigenvalue weighted by molar-refractivity contribution is 14.0. The van der Waals surface area contributed by atoms with E-state index in [2.05, 4.69) is 10.3 Å². The Kier molecular flexibility index (Phi) is 6.21. The first-order valence-electron chi connectivity index (χ1n) is 8.31. The van der Waals surface area contributed by atoms with Crippen LogP contribution in [0.5, 0.6) is 0 Å². The molecule has 3 rings (SSSR count). The highest BCUT2D eigenvalue weighted by Crippen LogP contribution is 2.43. The molecule has 2 unspecified atom stereocenters. The summed E-state index contributed by atoms with van der Waals surface area (Å²) in [5.74, 6) is -0.660. The average molecular weight is 499 g/mol. The lowest BCUT2D eigenvalue weighted by Gasteiger charge is -2.39. The number of hydrogen-bond donors (Lipinski definition) is 1. The topological polar surface area (TPSA) is 61.8 Å². The molecule has 5 nitrogen and oxygen atoms in total. The first-order valence-corrected chi connectivity index (χ1v) is 9.96. The zero-order chi connectivity index (χ0) is 18.4. The van der Waals surface area contributed by atoms with Crippen molar-refractivity contribution in [3.8, 4) is 0 Å². The van der Waals surface area contributed by atoms with Gasteiger partial charge >= 0.3 is 0 Å². The van der Waals surface area contributed by atoms with Crippen molar-refractivity contribution in [2.24, 2.45) is 4.99 Å². The number of guanidine groups is 1. The first-order chi connectivity index (χ1) is 11.7. The van der Waals surface area contributed by atoms with Crippen LogP contribution in [-0.4, -0.2) is 56.0 Å². The second kappa shape index (κ2) is 7.57. The van der Waals surface area contributed by atoms with E-state index in [1.54, 1.807) is 20.9 Å². The van der Waals surface area contributed by atoms with Gasteiger partial charge in [0.25, 0.3) is 0 Å². The minimum absolute atomic E-state index is 0. The smallest absolute Gasteiger partial charge is 0.193 e. The van der Waals surface area contributed by atoms with E-state index >= 15 is 0 Å². The van der Waals surface area contributed by atoms with Gasteiger partial charge in [-0.25, -0.2) is 17.2 Å². The first kappa shape index (κ1) is 21.3. The maximum absolute atomic E-state index is 13.9. The summed E-state index contributed by atoms with van der Waals surface area (Å²) >= 11 is 0. The summed E-state index contributed by atoms with van der Waals surface area (Å²) in [5.41, 5.74) is 0.108. The van der Waals surface area contributed by atoms with Gasteiger partial charge in [0.15, 0.2) is 15.8 Å². The Morgan fingerprint density at radius 3 is 2.46 bits per heavy atom. The lowest BCUT2D eigenvalue weighted by Crippen LogP contribution is -2.57. The van der Waals surface area contributed by atoms with E-state index in [4.69, 9.17) is 0 Å². The number of halogens is 3. The zero-order valence-corrected chi connectivity index (χ0v) is 18.1. The molecule has 0 spiro atoms. The lowest BCUT2D eigenvalue weighted by atomic mass is 10.1. The molecule has 146 valence electrons. The summed E-state index contributed by atoms with van der Waals surface area (Å²) in [4.78, 5) is 6.12. The fraction of sp³-hybridized carbons (Fsp3) is 0.588. The quantitative estimate of drug-likeness (QED) is 0.386. The number of nitrogens with one attached hydrogen (secondary N) is 1. The Balaban J connectivity index is 0.00000243. The van der Waals surface area contributed by atoms with Gasteiger partial charge < -0.3 is 10.2 Å². The van der Waals surface area contributed by atoms with Gasteiger partial charge in [-0.1, -0.05) is 6.07 Å². The van der Waals surface area contributed by atoms with Crippen LogP contribution < -0.4 is 5.32 Å². The summed E-state index contributed by atoms with van der Waals surface area (Å²) < 4.78 is 51.2. The molecule has 1 aliphatic heterocycles. The maximum Gasteiger partial charge on any atom is 0.193 e. The van der Waals surface area contributed by atoms with E-state index in [0.717, 1.165) is 0 Å². The number of nitrogens with zero attached hydrogens (tertiary/aromatic N) is 2. The van der Waals surface area contributed by atoms with Crippen molar-refractivity contribution in [2.75, 3.05) is 25.9 Å². The highest BCUT2D eigenvalue weighted by atomic mass is 127. The van der Waals surface area contributed by atoms with Crippen LogP contribution in [0.4, 0.5) is 8.78 Å². The van der Waals surface area contributed by atoms with Crippen molar-refractivity contribution in [2.45, 2.75) is 37.0 Å². The molecule has 0 aromatic heterocycles. The normalized spacial score (nSPS) is 26.8. The van der Waals surface area contributed by atoms with Crippen molar-refractivity contribution in [1.29, 1.82) is 0 Å². The predicted molar refractivity (Wildman–Crippen MR) is 109 cm³/mol. The Morgan fingerprint density at radius 1 is 1.31 bits per heavy atom. The van der Waals surface area contributed by atoms with Crippen LogP contribution in [0.15, 0.2) is 23.2 Å². The molecule has 1 heterocycles.